The average molecular weight is 215 g/mol. The lowest BCUT2D eigenvalue weighted by molar-refractivity contribution is 0.0162. The zero-order chi connectivity index (χ0) is 10.8. The third-order valence-electron chi connectivity index (χ3n) is 2.66. The predicted octanol–water partition coefficient (Wildman–Crippen LogP) is 1.25. The molecular formula is C8H13F4NO. The fraction of sp³-hybridized carbons (Fsp3) is 1.00. The second kappa shape index (κ2) is 4.44. The van der Waals surface area contributed by atoms with Gasteiger partial charge in [-0.1, -0.05) is 0 Å². The van der Waals surface area contributed by atoms with Crippen molar-refractivity contribution in [3.8, 4) is 0 Å². The molecule has 1 unspecified atom stereocenters. The Bertz CT molecular complexity index is 184. The molecule has 2 N–H and O–H groups in total. The number of halogens is 4. The topological polar surface area (TPSA) is 32.3 Å². The number of nitrogens with one attached hydrogen (secondary N) is 1. The summed E-state index contributed by atoms with van der Waals surface area (Å²) in [4.78, 5) is 0. The Balaban J connectivity index is 2.45. The Morgan fingerprint density at radius 1 is 1.21 bits per heavy atom. The first kappa shape index (κ1) is 11.7. The fourth-order valence-electron chi connectivity index (χ4n) is 1.54. The first-order chi connectivity index (χ1) is 6.53. The monoisotopic (exact) mass is 215 g/mol. The van der Waals surface area contributed by atoms with Gasteiger partial charge in [-0.2, -0.15) is 0 Å². The lowest BCUT2D eigenvalue weighted by atomic mass is 9.97. The van der Waals surface area contributed by atoms with Crippen LogP contribution in [0, 0.1) is 5.41 Å². The molecule has 0 amide bonds. The van der Waals surface area contributed by atoms with Crippen molar-refractivity contribution in [1.29, 1.82) is 0 Å². The van der Waals surface area contributed by atoms with Crippen molar-refractivity contribution in [3.63, 3.8) is 0 Å². The van der Waals surface area contributed by atoms with Crippen LogP contribution in [0.3, 0.4) is 0 Å². The van der Waals surface area contributed by atoms with Crippen molar-refractivity contribution in [3.05, 3.63) is 0 Å². The van der Waals surface area contributed by atoms with E-state index in [4.69, 9.17) is 5.11 Å². The summed E-state index contributed by atoms with van der Waals surface area (Å²) in [5.74, 6) is 0. The number of hydrogen-bond donors (Lipinski definition) is 2. The van der Waals surface area contributed by atoms with Crippen LogP contribution in [-0.2, 0) is 0 Å². The maximum absolute atomic E-state index is 12.5. The second-order valence-electron chi connectivity index (χ2n) is 3.57. The molecule has 84 valence electrons. The second-order valence-corrected chi connectivity index (χ2v) is 3.57. The number of aliphatic hydroxyl groups excluding tert-OH is 1. The largest absolute Gasteiger partial charge is 0.395 e. The Morgan fingerprint density at radius 3 is 2.07 bits per heavy atom. The number of rotatable bonds is 6. The van der Waals surface area contributed by atoms with Crippen LogP contribution < -0.4 is 5.32 Å². The highest BCUT2D eigenvalue weighted by Crippen LogP contribution is 2.53. The van der Waals surface area contributed by atoms with E-state index in [0.717, 1.165) is 0 Å². The molecule has 0 bridgehead atoms. The standard InChI is InChI=1S/C8H13F4NO/c9-6(10)3-13-5(4-14)8(1-2-8)7(11)12/h5-7,13-14H,1-4H2. The molecule has 0 aromatic carbocycles. The van der Waals surface area contributed by atoms with Crippen LogP contribution in [0.1, 0.15) is 12.8 Å². The van der Waals surface area contributed by atoms with E-state index in [-0.39, 0.29) is 12.8 Å². The zero-order valence-electron chi connectivity index (χ0n) is 7.52. The van der Waals surface area contributed by atoms with Crippen LogP contribution in [0.15, 0.2) is 0 Å². The van der Waals surface area contributed by atoms with Gasteiger partial charge in [0.1, 0.15) is 0 Å². The minimum Gasteiger partial charge on any atom is -0.395 e. The van der Waals surface area contributed by atoms with E-state index in [2.05, 4.69) is 5.32 Å². The zero-order valence-corrected chi connectivity index (χ0v) is 7.52. The first-order valence-corrected chi connectivity index (χ1v) is 4.43. The SMILES string of the molecule is OCC(NCC(F)F)C1(C(F)F)CC1. The minimum atomic E-state index is -2.59. The Labute approximate surface area is 79.3 Å². The smallest absolute Gasteiger partial charge is 0.250 e. The first-order valence-electron chi connectivity index (χ1n) is 4.43. The molecule has 0 saturated heterocycles. The van der Waals surface area contributed by atoms with Crippen LogP contribution in [0.5, 0.6) is 0 Å². The predicted molar refractivity (Wildman–Crippen MR) is 42.6 cm³/mol. The Kier molecular flexibility index (Phi) is 3.71. The molecule has 0 aromatic heterocycles. The molecule has 1 aliphatic carbocycles. The highest BCUT2D eigenvalue weighted by Gasteiger charge is 2.56. The van der Waals surface area contributed by atoms with Gasteiger partial charge in [-0.15, -0.1) is 0 Å². The van der Waals surface area contributed by atoms with Crippen LogP contribution in [-0.4, -0.2) is 37.2 Å². The summed E-state index contributed by atoms with van der Waals surface area (Å²) in [7, 11) is 0. The van der Waals surface area contributed by atoms with E-state index in [1.54, 1.807) is 0 Å². The molecule has 1 rings (SSSR count). The van der Waals surface area contributed by atoms with Crippen molar-refractivity contribution in [2.24, 2.45) is 5.41 Å². The molecule has 0 radical (unpaired) electrons. The van der Waals surface area contributed by atoms with Gasteiger partial charge in [0.2, 0.25) is 6.43 Å². The Hall–Kier alpha value is -0.360. The quantitative estimate of drug-likeness (QED) is 0.653. The summed E-state index contributed by atoms with van der Waals surface area (Å²) >= 11 is 0. The third kappa shape index (κ3) is 2.36. The molecule has 1 atom stereocenters. The van der Waals surface area contributed by atoms with Gasteiger partial charge in [0.05, 0.1) is 13.2 Å². The van der Waals surface area contributed by atoms with Crippen LogP contribution in [0.2, 0.25) is 0 Å². The third-order valence-corrected chi connectivity index (χ3v) is 2.66. The molecule has 1 aliphatic rings. The lowest BCUT2D eigenvalue weighted by Gasteiger charge is -2.25. The van der Waals surface area contributed by atoms with E-state index in [1.807, 2.05) is 0 Å². The molecule has 0 aliphatic heterocycles. The normalized spacial score (nSPS) is 21.6. The summed E-state index contributed by atoms with van der Waals surface area (Å²) in [5.41, 5.74) is -1.27. The molecule has 6 heteroatoms. The number of aliphatic hydroxyl groups is 1. The van der Waals surface area contributed by atoms with Gasteiger partial charge < -0.3 is 10.4 Å². The molecule has 14 heavy (non-hydrogen) atoms. The van der Waals surface area contributed by atoms with Crippen molar-refractivity contribution in [2.75, 3.05) is 13.2 Å². The van der Waals surface area contributed by atoms with Crippen LogP contribution in [0.25, 0.3) is 0 Å². The molecule has 1 saturated carbocycles. The van der Waals surface area contributed by atoms with E-state index >= 15 is 0 Å². The summed E-state index contributed by atoms with van der Waals surface area (Å²) in [6, 6.07) is -0.920. The van der Waals surface area contributed by atoms with E-state index < -0.39 is 37.5 Å². The number of hydrogen-bond acceptors (Lipinski definition) is 2. The molecule has 0 aromatic rings. The van der Waals surface area contributed by atoms with Gasteiger partial charge in [-0.05, 0) is 12.8 Å². The summed E-state index contributed by atoms with van der Waals surface area (Å²) in [6.07, 6.45) is -4.58. The van der Waals surface area contributed by atoms with Gasteiger partial charge >= 0.3 is 0 Å². The van der Waals surface area contributed by atoms with Crippen molar-refractivity contribution in [2.45, 2.75) is 31.7 Å². The highest BCUT2D eigenvalue weighted by atomic mass is 19.3. The highest BCUT2D eigenvalue weighted by molar-refractivity contribution is 5.04. The van der Waals surface area contributed by atoms with E-state index in [1.165, 1.54) is 0 Å². The van der Waals surface area contributed by atoms with Gasteiger partial charge in [-0.25, -0.2) is 17.6 Å². The van der Waals surface area contributed by atoms with E-state index in [0.29, 0.717) is 0 Å². The van der Waals surface area contributed by atoms with Crippen LogP contribution in [0.4, 0.5) is 17.6 Å². The van der Waals surface area contributed by atoms with Crippen molar-refractivity contribution in [1.82, 2.24) is 5.32 Å². The fourth-order valence-corrected chi connectivity index (χ4v) is 1.54. The van der Waals surface area contributed by atoms with Gasteiger partial charge in [0.15, 0.2) is 0 Å². The Morgan fingerprint density at radius 2 is 1.79 bits per heavy atom. The molecule has 1 fully saturated rings. The molecule has 0 spiro atoms. The van der Waals surface area contributed by atoms with Gasteiger partial charge in [0.25, 0.3) is 6.43 Å². The van der Waals surface area contributed by atoms with Crippen molar-refractivity contribution < 1.29 is 22.7 Å². The number of alkyl halides is 4. The maximum Gasteiger partial charge on any atom is 0.250 e. The van der Waals surface area contributed by atoms with E-state index in [9.17, 15) is 17.6 Å². The molecular weight excluding hydrogens is 202 g/mol. The molecule has 2 nitrogen and oxygen atoms in total. The van der Waals surface area contributed by atoms with Gasteiger partial charge in [-0.3, -0.25) is 0 Å². The summed E-state index contributed by atoms with van der Waals surface area (Å²) in [5, 5.41) is 11.1. The van der Waals surface area contributed by atoms with Crippen LogP contribution >= 0.6 is 0 Å². The lowest BCUT2D eigenvalue weighted by Crippen LogP contribution is -2.45. The molecule has 0 heterocycles. The summed E-state index contributed by atoms with van der Waals surface area (Å²) < 4.78 is 48.6. The van der Waals surface area contributed by atoms with Gasteiger partial charge in [0, 0.05) is 11.5 Å². The summed E-state index contributed by atoms with van der Waals surface area (Å²) in [6.45, 7) is -1.18. The minimum absolute atomic E-state index is 0.284. The maximum atomic E-state index is 12.5. The average Bonchev–Trinajstić information content (AvgIpc) is 2.86. The van der Waals surface area contributed by atoms with Crippen molar-refractivity contribution >= 4 is 0 Å².